The molecule has 0 fully saturated rings. The molecule has 1 aromatic carbocycles. The molecule has 0 aromatic heterocycles. The lowest BCUT2D eigenvalue weighted by atomic mass is 10.00. The van der Waals surface area contributed by atoms with Crippen molar-refractivity contribution in [3.63, 3.8) is 0 Å². The highest BCUT2D eigenvalue weighted by Gasteiger charge is 2.25. The Morgan fingerprint density at radius 3 is 2.64 bits per heavy atom. The Balaban J connectivity index is 2.53. The van der Waals surface area contributed by atoms with Gasteiger partial charge in [-0.15, -0.1) is 0 Å². The monoisotopic (exact) mass is 387 g/mol. The zero-order valence-electron chi connectivity index (χ0n) is 16.1. The van der Waals surface area contributed by atoms with Crippen molar-refractivity contribution in [1.29, 1.82) is 0 Å². The minimum Gasteiger partial charge on any atom is -0.507 e. The molecule has 0 bridgehead atoms. The van der Waals surface area contributed by atoms with Gasteiger partial charge in [-0.2, -0.15) is 0 Å². The van der Waals surface area contributed by atoms with E-state index >= 15 is 0 Å². The van der Waals surface area contributed by atoms with Crippen molar-refractivity contribution < 1.29 is 29.6 Å². The number of benzene rings is 1. The van der Waals surface area contributed by atoms with Gasteiger partial charge in [0.1, 0.15) is 23.5 Å². The second kappa shape index (κ2) is 9.40. The van der Waals surface area contributed by atoms with Gasteiger partial charge in [0.05, 0.1) is 6.10 Å². The zero-order valence-corrected chi connectivity index (χ0v) is 16.1. The molecule has 4 N–H and O–H groups in total. The summed E-state index contributed by atoms with van der Waals surface area (Å²) in [6.07, 6.45) is -1.09. The quantitative estimate of drug-likeness (QED) is 0.450. The Bertz CT molecular complexity index is 835. The van der Waals surface area contributed by atoms with E-state index in [4.69, 9.17) is 4.74 Å². The molecule has 0 saturated carbocycles. The average molecular weight is 387 g/mol. The number of aromatic hydroxyl groups is 1. The van der Waals surface area contributed by atoms with E-state index < -0.39 is 30.1 Å². The van der Waals surface area contributed by atoms with Crippen molar-refractivity contribution in [2.75, 3.05) is 11.9 Å². The van der Waals surface area contributed by atoms with Crippen molar-refractivity contribution in [3.05, 3.63) is 35.4 Å². The molecule has 1 aliphatic heterocycles. The highest BCUT2D eigenvalue weighted by atomic mass is 16.5. The summed E-state index contributed by atoms with van der Waals surface area (Å²) < 4.78 is 5.44. The molecule has 28 heavy (non-hydrogen) atoms. The van der Waals surface area contributed by atoms with E-state index in [-0.39, 0.29) is 29.2 Å². The maximum Gasteiger partial charge on any atom is 0.343 e. The van der Waals surface area contributed by atoms with Crippen LogP contribution >= 0.6 is 0 Å². The summed E-state index contributed by atoms with van der Waals surface area (Å²) in [7, 11) is 0. The smallest absolute Gasteiger partial charge is 0.343 e. The number of phenols is 1. The van der Waals surface area contributed by atoms with Gasteiger partial charge in [-0.1, -0.05) is 24.8 Å². The molecule has 2 rings (SSSR count). The molecule has 150 valence electrons. The molecule has 0 amide bonds. The van der Waals surface area contributed by atoms with Crippen LogP contribution in [0.3, 0.4) is 0 Å². The average Bonchev–Trinajstić information content (AvgIpc) is 2.64. The predicted molar refractivity (Wildman–Crippen MR) is 104 cm³/mol. The third-order valence-electron chi connectivity index (χ3n) is 4.49. The predicted octanol–water partition coefficient (Wildman–Crippen LogP) is 1.61. The van der Waals surface area contributed by atoms with Crippen molar-refractivity contribution in [2.45, 2.75) is 45.5 Å². The molecule has 7 heteroatoms. The van der Waals surface area contributed by atoms with E-state index in [2.05, 4.69) is 17.2 Å². The van der Waals surface area contributed by atoms with Crippen LogP contribution in [-0.4, -0.2) is 51.9 Å². The first-order valence-electron chi connectivity index (χ1n) is 9.13. The van der Waals surface area contributed by atoms with Gasteiger partial charge < -0.3 is 25.4 Å². The van der Waals surface area contributed by atoms with Gasteiger partial charge in [0, 0.05) is 36.2 Å². The zero-order chi connectivity index (χ0) is 20.8. The number of nitrogens with one attached hydrogen (secondary N) is 1. The molecule has 1 aliphatic rings. The first-order valence-corrected chi connectivity index (χ1v) is 9.13. The topological polar surface area (TPSA) is 116 Å². The molecule has 0 aliphatic carbocycles. The fourth-order valence-electron chi connectivity index (χ4n) is 2.63. The van der Waals surface area contributed by atoms with Crippen LogP contribution in [0.4, 0.5) is 5.69 Å². The number of ether oxygens (including phenoxy) is 1. The number of fused-ring (bicyclic) bond motifs is 1. The number of hydrogen-bond acceptors (Lipinski definition) is 7. The number of cyclic esters (lactones) is 1. The van der Waals surface area contributed by atoms with Crippen LogP contribution in [0.2, 0.25) is 0 Å². The van der Waals surface area contributed by atoms with Crippen LogP contribution < -0.4 is 5.32 Å². The summed E-state index contributed by atoms with van der Waals surface area (Å²) in [4.78, 5) is 24.6. The van der Waals surface area contributed by atoms with Gasteiger partial charge in [-0.05, 0) is 26.0 Å². The summed E-state index contributed by atoms with van der Waals surface area (Å²) >= 11 is 0. The largest absolute Gasteiger partial charge is 0.507 e. The third kappa shape index (κ3) is 5.12. The van der Waals surface area contributed by atoms with E-state index in [0.717, 1.165) is 6.08 Å². The summed E-state index contributed by atoms with van der Waals surface area (Å²) in [5, 5.41) is 33.4. The van der Waals surface area contributed by atoms with Crippen LogP contribution in [0.25, 0.3) is 0 Å². The Labute approximate surface area is 164 Å². The highest BCUT2D eigenvalue weighted by molar-refractivity contribution is 5.96. The number of carbonyl (C=O) groups is 2. The van der Waals surface area contributed by atoms with Gasteiger partial charge in [-0.25, -0.2) is 4.79 Å². The van der Waals surface area contributed by atoms with E-state index in [9.17, 15) is 24.9 Å². The lowest BCUT2D eigenvalue weighted by Crippen LogP contribution is -2.32. The van der Waals surface area contributed by atoms with Crippen LogP contribution in [0.1, 0.15) is 43.1 Å². The lowest BCUT2D eigenvalue weighted by molar-refractivity contribution is -0.127. The minimum absolute atomic E-state index is 0.0691. The Morgan fingerprint density at radius 2 is 1.96 bits per heavy atom. The van der Waals surface area contributed by atoms with Gasteiger partial charge in [0.15, 0.2) is 5.78 Å². The lowest BCUT2D eigenvalue weighted by Gasteiger charge is -2.19. The van der Waals surface area contributed by atoms with Crippen molar-refractivity contribution >= 4 is 17.4 Å². The van der Waals surface area contributed by atoms with Crippen LogP contribution in [-0.2, 0) is 9.53 Å². The fraction of sp³-hybridized carbons (Fsp3) is 0.429. The van der Waals surface area contributed by atoms with Crippen molar-refractivity contribution in [3.8, 4) is 17.6 Å². The maximum atomic E-state index is 12.7. The molecule has 0 unspecified atom stereocenters. The van der Waals surface area contributed by atoms with Gasteiger partial charge in [0.25, 0.3) is 0 Å². The van der Waals surface area contributed by atoms with Gasteiger partial charge in [-0.3, -0.25) is 4.79 Å². The second-order valence-corrected chi connectivity index (χ2v) is 6.70. The number of esters is 1. The van der Waals surface area contributed by atoms with Crippen LogP contribution in [0, 0.1) is 17.8 Å². The van der Waals surface area contributed by atoms with E-state index in [0.29, 0.717) is 12.2 Å². The molecule has 4 atom stereocenters. The third-order valence-corrected chi connectivity index (χ3v) is 4.49. The van der Waals surface area contributed by atoms with Gasteiger partial charge in [0.2, 0.25) is 0 Å². The van der Waals surface area contributed by atoms with E-state index in [1.807, 2.05) is 6.92 Å². The van der Waals surface area contributed by atoms with E-state index in [1.165, 1.54) is 12.1 Å². The Kier molecular flexibility index (Phi) is 7.21. The minimum atomic E-state index is -1.60. The fourth-order valence-corrected chi connectivity index (χ4v) is 2.63. The number of phenolic OH excluding ortho intramolecular Hbond substituents is 1. The molecule has 0 radical (unpaired) electrons. The van der Waals surface area contributed by atoms with Gasteiger partial charge >= 0.3 is 5.97 Å². The number of ketones is 1. The Hall–Kier alpha value is -2.82. The van der Waals surface area contributed by atoms with Crippen LogP contribution in [0.15, 0.2) is 24.3 Å². The molecule has 1 heterocycles. The number of aliphatic hydroxyl groups is 2. The number of hydrogen-bond donors (Lipinski definition) is 4. The Morgan fingerprint density at radius 1 is 1.25 bits per heavy atom. The van der Waals surface area contributed by atoms with Crippen molar-refractivity contribution in [1.82, 2.24) is 0 Å². The first kappa shape index (κ1) is 21.5. The number of anilines is 1. The normalized spacial score (nSPS) is 26.9. The summed E-state index contributed by atoms with van der Waals surface area (Å²) in [6.45, 7) is 5.88. The SMILES string of the molecule is CCNc1cc(O)c2c(c1)C#CC[C@H](O)[C@H](O)C(=O)/C=C\[C@@H](C)[C@H](C)OC2=O. The molecule has 7 nitrogen and oxygen atoms in total. The first-order chi connectivity index (χ1) is 13.2. The summed E-state index contributed by atoms with van der Waals surface area (Å²) in [5.41, 5.74) is 0.726. The summed E-state index contributed by atoms with van der Waals surface area (Å²) in [5.74, 6) is 3.39. The molecule has 1 aromatic rings. The number of carbonyl (C=O) groups excluding carboxylic acids is 2. The van der Waals surface area contributed by atoms with E-state index in [1.54, 1.807) is 19.9 Å². The maximum absolute atomic E-state index is 12.7. The molecular formula is C21H25NO6. The standard InChI is InChI=1S/C21H25NO6/c1-4-22-15-10-14-6-5-7-16(23)20(26)17(24)9-8-12(2)13(3)28-21(27)19(14)18(25)11-15/h8-13,16,20,22-23,25-26H,4,7H2,1-3H3/b9-8-/t12-,13+,16+,20+/m1/s1. The molecule has 0 saturated heterocycles. The van der Waals surface area contributed by atoms with Crippen LogP contribution in [0.5, 0.6) is 5.75 Å². The molecular weight excluding hydrogens is 362 g/mol. The second-order valence-electron chi connectivity index (χ2n) is 6.70. The summed E-state index contributed by atoms with van der Waals surface area (Å²) in [6, 6.07) is 3.01. The van der Waals surface area contributed by atoms with Crippen molar-refractivity contribution in [2.24, 2.45) is 5.92 Å². The molecule has 0 spiro atoms. The highest BCUT2D eigenvalue weighted by Crippen LogP contribution is 2.28. The number of rotatable bonds is 2. The number of aliphatic hydroxyl groups excluding tert-OH is 2.